The highest BCUT2D eigenvalue weighted by molar-refractivity contribution is 6.30. The number of carbonyl (C=O) groups excluding carboxylic acids is 2. The molecule has 3 amide bonds. The first-order valence-corrected chi connectivity index (χ1v) is 12.3. The van der Waals surface area contributed by atoms with Gasteiger partial charge in [-0.15, -0.1) is 0 Å². The fourth-order valence-corrected chi connectivity index (χ4v) is 4.18. The first kappa shape index (κ1) is 25.2. The number of hydrogen-bond donors (Lipinski definition) is 3. The van der Waals surface area contributed by atoms with Crippen LogP contribution in [0.3, 0.4) is 0 Å². The molecule has 1 aliphatic heterocycles. The molecule has 2 aromatic heterocycles. The summed E-state index contributed by atoms with van der Waals surface area (Å²) in [6.45, 7) is 1.97. The van der Waals surface area contributed by atoms with E-state index < -0.39 is 0 Å². The zero-order chi connectivity index (χ0) is 26.6. The van der Waals surface area contributed by atoms with Crippen LogP contribution in [-0.2, 0) is 7.05 Å². The van der Waals surface area contributed by atoms with E-state index in [2.05, 4.69) is 20.9 Å². The van der Waals surface area contributed by atoms with Crippen LogP contribution in [0.15, 0.2) is 54.7 Å². The first-order valence-electron chi connectivity index (χ1n) is 11.9. The molecule has 0 spiro atoms. The summed E-state index contributed by atoms with van der Waals surface area (Å²) in [5.41, 5.74) is 2.58. The topological polar surface area (TPSA) is 123 Å². The normalized spacial score (nSPS) is 12.9. The number of halogens is 1. The number of aryl methyl sites for hydroxylation is 1. The Balaban J connectivity index is 1.31. The second-order valence-electron chi connectivity index (χ2n) is 8.57. The highest BCUT2D eigenvalue weighted by atomic mass is 35.5. The van der Waals surface area contributed by atoms with Crippen molar-refractivity contribution in [3.05, 3.63) is 65.4 Å². The molecule has 3 N–H and O–H groups in total. The molecule has 1 fully saturated rings. The molecular weight excluding hydrogens is 510 g/mol. The fraction of sp³-hybridized carbons (Fsp3) is 0.231. The van der Waals surface area contributed by atoms with E-state index in [0.29, 0.717) is 59.9 Å². The number of pyridine rings is 1. The van der Waals surface area contributed by atoms with Crippen LogP contribution in [0.5, 0.6) is 17.2 Å². The summed E-state index contributed by atoms with van der Waals surface area (Å²) < 4.78 is 13.6. The molecule has 0 saturated carbocycles. The van der Waals surface area contributed by atoms with E-state index in [0.717, 1.165) is 11.2 Å². The second-order valence-corrected chi connectivity index (χ2v) is 9.01. The van der Waals surface area contributed by atoms with Gasteiger partial charge in [0.1, 0.15) is 11.4 Å². The van der Waals surface area contributed by atoms with Gasteiger partial charge in [0.05, 0.1) is 18.1 Å². The van der Waals surface area contributed by atoms with Gasteiger partial charge in [0.25, 0.3) is 5.91 Å². The number of nitrogens with zero attached hydrogens (tertiary/aromatic N) is 4. The smallest absolute Gasteiger partial charge is 0.317 e. The van der Waals surface area contributed by atoms with Crippen LogP contribution in [0.2, 0.25) is 5.02 Å². The van der Waals surface area contributed by atoms with Gasteiger partial charge in [0.2, 0.25) is 5.95 Å². The second kappa shape index (κ2) is 10.9. The van der Waals surface area contributed by atoms with Gasteiger partial charge in [-0.1, -0.05) is 11.6 Å². The number of aromatic nitrogens is 3. The summed E-state index contributed by atoms with van der Waals surface area (Å²) in [4.78, 5) is 34.7. The number of methoxy groups -OCH3 is 1. The predicted molar refractivity (Wildman–Crippen MR) is 144 cm³/mol. The molecule has 3 heterocycles. The van der Waals surface area contributed by atoms with Crippen molar-refractivity contribution in [2.75, 3.05) is 38.6 Å². The molecule has 2 aromatic carbocycles. The van der Waals surface area contributed by atoms with Crippen molar-refractivity contribution in [1.82, 2.24) is 30.1 Å². The third kappa shape index (κ3) is 5.42. The number of carbonyl (C=O) groups is 2. The molecule has 0 unspecified atom stereocenters. The maximum Gasteiger partial charge on any atom is 0.317 e. The number of fused-ring (bicyclic) bond motifs is 1. The molecule has 12 heteroatoms. The van der Waals surface area contributed by atoms with Gasteiger partial charge in [0.15, 0.2) is 11.5 Å². The number of anilines is 2. The lowest BCUT2D eigenvalue weighted by Crippen LogP contribution is -2.37. The number of rotatable bonds is 9. The maximum atomic E-state index is 12.6. The Morgan fingerprint density at radius 2 is 1.97 bits per heavy atom. The number of imidazole rings is 1. The van der Waals surface area contributed by atoms with Crippen LogP contribution < -0.4 is 25.4 Å². The Labute approximate surface area is 223 Å². The van der Waals surface area contributed by atoms with E-state index in [1.807, 2.05) is 29.8 Å². The van der Waals surface area contributed by atoms with Gasteiger partial charge >= 0.3 is 6.03 Å². The average Bonchev–Trinajstić information content (AvgIpc) is 3.46. The monoisotopic (exact) mass is 535 g/mol. The first-order chi connectivity index (χ1) is 18.4. The summed E-state index contributed by atoms with van der Waals surface area (Å²) in [5.74, 6) is 1.63. The van der Waals surface area contributed by atoms with Crippen LogP contribution in [0.25, 0.3) is 11.0 Å². The largest absolute Gasteiger partial charge is 0.493 e. The Kier molecular flexibility index (Phi) is 7.18. The van der Waals surface area contributed by atoms with Crippen molar-refractivity contribution in [2.24, 2.45) is 7.05 Å². The minimum Gasteiger partial charge on any atom is -0.493 e. The molecule has 196 valence electrons. The van der Waals surface area contributed by atoms with Crippen LogP contribution >= 0.6 is 11.6 Å². The number of amides is 3. The quantitative estimate of drug-likeness (QED) is 0.297. The lowest BCUT2D eigenvalue weighted by molar-refractivity contribution is 0.0945. The Morgan fingerprint density at radius 1 is 1.16 bits per heavy atom. The van der Waals surface area contributed by atoms with Crippen molar-refractivity contribution >= 4 is 46.2 Å². The van der Waals surface area contributed by atoms with Crippen molar-refractivity contribution in [1.29, 1.82) is 0 Å². The number of hydrogen-bond acceptors (Lipinski definition) is 7. The molecule has 0 bridgehead atoms. The molecular formula is C26H26ClN7O4. The Morgan fingerprint density at radius 3 is 2.71 bits per heavy atom. The minimum atomic E-state index is -0.361. The van der Waals surface area contributed by atoms with Crippen LogP contribution in [-0.4, -0.2) is 64.7 Å². The number of ether oxygens (including phenoxy) is 2. The molecule has 0 atom stereocenters. The van der Waals surface area contributed by atoms with Crippen molar-refractivity contribution in [2.45, 2.75) is 0 Å². The van der Waals surface area contributed by atoms with E-state index in [1.165, 1.54) is 6.20 Å². The summed E-state index contributed by atoms with van der Waals surface area (Å²) >= 11 is 5.99. The summed E-state index contributed by atoms with van der Waals surface area (Å²) in [6, 6.07) is 14.0. The lowest BCUT2D eigenvalue weighted by Gasteiger charge is -2.14. The summed E-state index contributed by atoms with van der Waals surface area (Å²) in [6.07, 6.45) is 1.50. The Hall–Kier alpha value is -4.51. The molecule has 4 aromatic rings. The van der Waals surface area contributed by atoms with Gasteiger partial charge in [-0.2, -0.15) is 0 Å². The fourth-order valence-electron chi connectivity index (χ4n) is 4.06. The van der Waals surface area contributed by atoms with E-state index in [1.54, 1.807) is 42.3 Å². The van der Waals surface area contributed by atoms with Gasteiger partial charge in [-0.3, -0.25) is 9.78 Å². The van der Waals surface area contributed by atoms with E-state index in [9.17, 15) is 9.59 Å². The zero-order valence-corrected chi connectivity index (χ0v) is 21.6. The zero-order valence-electron chi connectivity index (χ0n) is 20.8. The molecule has 0 aliphatic carbocycles. The summed E-state index contributed by atoms with van der Waals surface area (Å²) in [7, 11) is 3.46. The average molecular weight is 536 g/mol. The summed E-state index contributed by atoms with van der Waals surface area (Å²) in [5, 5.41) is 9.45. The van der Waals surface area contributed by atoms with E-state index in [4.69, 9.17) is 26.1 Å². The van der Waals surface area contributed by atoms with Crippen molar-refractivity contribution in [3.63, 3.8) is 0 Å². The van der Waals surface area contributed by atoms with Gasteiger partial charge in [-0.25, -0.2) is 9.78 Å². The van der Waals surface area contributed by atoms with E-state index >= 15 is 0 Å². The van der Waals surface area contributed by atoms with Gasteiger partial charge in [-0.05, 0) is 30.3 Å². The third-order valence-electron chi connectivity index (χ3n) is 6.07. The van der Waals surface area contributed by atoms with Crippen molar-refractivity contribution in [3.8, 4) is 17.2 Å². The van der Waals surface area contributed by atoms with Gasteiger partial charge in [0, 0.05) is 68.3 Å². The molecule has 5 rings (SSSR count). The lowest BCUT2D eigenvalue weighted by atomic mass is 10.2. The molecule has 38 heavy (non-hydrogen) atoms. The van der Waals surface area contributed by atoms with E-state index in [-0.39, 0.29) is 17.6 Å². The molecule has 1 aliphatic rings. The maximum absolute atomic E-state index is 12.6. The molecule has 11 nitrogen and oxygen atoms in total. The van der Waals surface area contributed by atoms with Crippen LogP contribution in [0.4, 0.5) is 16.4 Å². The minimum absolute atomic E-state index is 0.125. The highest BCUT2D eigenvalue weighted by Gasteiger charge is 2.19. The Bertz CT molecular complexity index is 1490. The highest BCUT2D eigenvalue weighted by Crippen LogP contribution is 2.36. The van der Waals surface area contributed by atoms with Crippen LogP contribution in [0.1, 0.15) is 10.5 Å². The molecule has 0 radical (unpaired) electrons. The van der Waals surface area contributed by atoms with Gasteiger partial charge < -0.3 is 34.9 Å². The predicted octanol–water partition coefficient (Wildman–Crippen LogP) is 3.92. The number of benzene rings is 2. The molecule has 1 saturated heterocycles. The number of urea groups is 1. The third-order valence-corrected chi connectivity index (χ3v) is 6.32. The standard InChI is InChI=1S/C26H26ClN7O4/c1-33-21-15-22(37-2)23(14-19(21)32-25(33)31-17-5-3-16(27)4-6-17)38-18-7-8-28-20(13-18)24(35)29-9-11-34-12-10-30-26(34)36/h3-8,13-15H,9-12H2,1-2H3,(H,29,35)(H,30,36)(H,31,32). The van der Waals surface area contributed by atoms with Crippen LogP contribution in [0, 0.1) is 0 Å². The SMILES string of the molecule is COc1cc2c(cc1Oc1ccnc(C(=O)NCCN3CCNC3=O)c1)nc(Nc1ccc(Cl)cc1)n2C. The van der Waals surface area contributed by atoms with Crippen molar-refractivity contribution < 1.29 is 19.1 Å². The number of nitrogens with one attached hydrogen (secondary N) is 3.